The summed E-state index contributed by atoms with van der Waals surface area (Å²) in [5.41, 5.74) is 3.18. The first kappa shape index (κ1) is 13.5. The Hall–Kier alpha value is -1.59. The van der Waals surface area contributed by atoms with Crippen LogP contribution < -0.4 is 16.0 Å². The third-order valence-corrected chi connectivity index (χ3v) is 2.80. The van der Waals surface area contributed by atoms with Gasteiger partial charge in [-0.2, -0.15) is 0 Å². The van der Waals surface area contributed by atoms with Crippen molar-refractivity contribution in [2.45, 2.75) is 19.5 Å². The van der Waals surface area contributed by atoms with Crippen molar-refractivity contribution >= 4 is 5.91 Å². The van der Waals surface area contributed by atoms with Crippen molar-refractivity contribution in [1.29, 1.82) is 0 Å². The van der Waals surface area contributed by atoms with Crippen LogP contribution in [0.1, 0.15) is 12.5 Å². The van der Waals surface area contributed by atoms with Gasteiger partial charge in [0.15, 0.2) is 0 Å². The van der Waals surface area contributed by atoms with E-state index in [0.29, 0.717) is 6.54 Å². The second kappa shape index (κ2) is 6.22. The number of ether oxygens (including phenoxy) is 1. The normalized spacial score (nSPS) is 12.3. The highest BCUT2D eigenvalue weighted by Crippen LogP contribution is 2.19. The number of amides is 1. The van der Waals surface area contributed by atoms with E-state index >= 15 is 0 Å². The number of hydrogen-bond acceptors (Lipinski definition) is 4. The van der Waals surface area contributed by atoms with Gasteiger partial charge in [-0.05, 0) is 20.0 Å². The summed E-state index contributed by atoms with van der Waals surface area (Å²) in [5, 5.41) is 0. The lowest BCUT2D eigenvalue weighted by Crippen LogP contribution is -2.45. The molecule has 1 rings (SSSR count). The van der Waals surface area contributed by atoms with E-state index in [1.54, 1.807) is 14.0 Å². The van der Waals surface area contributed by atoms with E-state index in [9.17, 15) is 4.79 Å². The molecule has 0 aliphatic carbocycles. The molecule has 0 spiro atoms. The van der Waals surface area contributed by atoms with Crippen LogP contribution in [-0.4, -0.2) is 31.0 Å². The summed E-state index contributed by atoms with van der Waals surface area (Å²) in [4.78, 5) is 13.3. The zero-order valence-electron chi connectivity index (χ0n) is 10.4. The number of para-hydroxylation sites is 1. The summed E-state index contributed by atoms with van der Waals surface area (Å²) in [6.45, 7) is 2.43. The van der Waals surface area contributed by atoms with Crippen LogP contribution in [0.4, 0.5) is 0 Å². The number of nitrogens with one attached hydrogen (secondary N) is 1. The summed E-state index contributed by atoms with van der Waals surface area (Å²) in [5.74, 6) is 5.72. The molecule has 0 aliphatic rings. The SMILES string of the molecule is COc1ccccc1CN(C)C(C)C(=O)NN. The van der Waals surface area contributed by atoms with Crippen molar-refractivity contribution in [3.63, 3.8) is 0 Å². The molecule has 1 aromatic carbocycles. The molecule has 0 fully saturated rings. The fourth-order valence-electron chi connectivity index (χ4n) is 1.56. The number of hydrogen-bond donors (Lipinski definition) is 2. The second-order valence-electron chi connectivity index (χ2n) is 3.91. The Bertz CT molecular complexity index is 382. The largest absolute Gasteiger partial charge is 0.496 e. The van der Waals surface area contributed by atoms with Gasteiger partial charge in [-0.1, -0.05) is 18.2 Å². The first-order valence-electron chi connectivity index (χ1n) is 5.42. The molecule has 0 radical (unpaired) electrons. The van der Waals surface area contributed by atoms with E-state index in [-0.39, 0.29) is 11.9 Å². The minimum absolute atomic E-state index is 0.206. The number of benzene rings is 1. The number of carbonyl (C=O) groups is 1. The van der Waals surface area contributed by atoms with E-state index in [0.717, 1.165) is 11.3 Å². The molecular formula is C12H19N3O2. The number of hydrazine groups is 1. The lowest BCUT2D eigenvalue weighted by atomic mass is 10.1. The molecule has 0 bridgehead atoms. The summed E-state index contributed by atoms with van der Waals surface area (Å²) in [6.07, 6.45) is 0. The molecule has 0 saturated carbocycles. The predicted octanol–water partition coefficient (Wildman–Crippen LogP) is 0.505. The molecule has 1 amide bonds. The Balaban J connectivity index is 2.73. The molecule has 0 aromatic heterocycles. The molecule has 94 valence electrons. The van der Waals surface area contributed by atoms with Gasteiger partial charge in [-0.25, -0.2) is 5.84 Å². The number of nitrogens with zero attached hydrogens (tertiary/aromatic N) is 1. The van der Waals surface area contributed by atoms with Gasteiger partial charge < -0.3 is 4.74 Å². The summed E-state index contributed by atoms with van der Waals surface area (Å²) < 4.78 is 5.26. The fourth-order valence-corrected chi connectivity index (χ4v) is 1.56. The van der Waals surface area contributed by atoms with Gasteiger partial charge in [0.1, 0.15) is 5.75 Å². The molecule has 5 heteroatoms. The number of methoxy groups -OCH3 is 1. The van der Waals surface area contributed by atoms with E-state index in [2.05, 4.69) is 5.43 Å². The summed E-state index contributed by atoms with van der Waals surface area (Å²) >= 11 is 0. The van der Waals surface area contributed by atoms with Crippen LogP contribution in [0.25, 0.3) is 0 Å². The van der Waals surface area contributed by atoms with Crippen molar-refractivity contribution in [2.24, 2.45) is 5.84 Å². The van der Waals surface area contributed by atoms with Crippen LogP contribution in [-0.2, 0) is 11.3 Å². The topological polar surface area (TPSA) is 67.6 Å². The monoisotopic (exact) mass is 237 g/mol. The van der Waals surface area contributed by atoms with E-state index < -0.39 is 0 Å². The maximum atomic E-state index is 11.4. The van der Waals surface area contributed by atoms with E-state index in [1.807, 2.05) is 36.2 Å². The molecule has 3 N–H and O–H groups in total. The Morgan fingerprint density at radius 1 is 1.53 bits per heavy atom. The van der Waals surface area contributed by atoms with Crippen LogP contribution in [0.3, 0.4) is 0 Å². The Morgan fingerprint density at radius 2 is 2.18 bits per heavy atom. The first-order chi connectivity index (χ1) is 8.10. The van der Waals surface area contributed by atoms with Gasteiger partial charge >= 0.3 is 0 Å². The van der Waals surface area contributed by atoms with Crippen molar-refractivity contribution in [3.8, 4) is 5.75 Å². The maximum Gasteiger partial charge on any atom is 0.250 e. The lowest BCUT2D eigenvalue weighted by Gasteiger charge is -2.23. The lowest BCUT2D eigenvalue weighted by molar-refractivity contribution is -0.125. The average molecular weight is 237 g/mol. The van der Waals surface area contributed by atoms with Crippen LogP contribution in [0.5, 0.6) is 5.75 Å². The molecule has 1 atom stereocenters. The molecule has 1 aromatic rings. The highest BCUT2D eigenvalue weighted by molar-refractivity contribution is 5.80. The summed E-state index contributed by atoms with van der Waals surface area (Å²) in [6, 6.07) is 7.45. The molecule has 1 unspecified atom stereocenters. The number of carbonyl (C=O) groups excluding carboxylic acids is 1. The third kappa shape index (κ3) is 3.44. The predicted molar refractivity (Wildman–Crippen MR) is 66.3 cm³/mol. The third-order valence-electron chi connectivity index (χ3n) is 2.80. The number of likely N-dealkylation sites (N-methyl/N-ethyl adjacent to an activating group) is 1. The van der Waals surface area contributed by atoms with Crippen molar-refractivity contribution in [1.82, 2.24) is 10.3 Å². The molecule has 0 aliphatic heterocycles. The van der Waals surface area contributed by atoms with Crippen LogP contribution >= 0.6 is 0 Å². The minimum Gasteiger partial charge on any atom is -0.496 e. The van der Waals surface area contributed by atoms with Gasteiger partial charge in [0.25, 0.3) is 5.91 Å². The van der Waals surface area contributed by atoms with Gasteiger partial charge in [0.2, 0.25) is 0 Å². The van der Waals surface area contributed by atoms with Crippen molar-refractivity contribution < 1.29 is 9.53 Å². The van der Waals surface area contributed by atoms with Crippen molar-refractivity contribution in [3.05, 3.63) is 29.8 Å². The van der Waals surface area contributed by atoms with Gasteiger partial charge in [0.05, 0.1) is 13.2 Å². The summed E-state index contributed by atoms with van der Waals surface area (Å²) in [7, 11) is 3.50. The molecule has 17 heavy (non-hydrogen) atoms. The minimum atomic E-state index is -0.287. The Morgan fingerprint density at radius 3 is 2.76 bits per heavy atom. The van der Waals surface area contributed by atoms with Gasteiger partial charge in [0, 0.05) is 12.1 Å². The van der Waals surface area contributed by atoms with Crippen molar-refractivity contribution in [2.75, 3.05) is 14.2 Å². The zero-order chi connectivity index (χ0) is 12.8. The highest BCUT2D eigenvalue weighted by atomic mass is 16.5. The average Bonchev–Trinajstić information content (AvgIpc) is 2.37. The van der Waals surface area contributed by atoms with Gasteiger partial charge in [-0.15, -0.1) is 0 Å². The number of nitrogens with two attached hydrogens (primary N) is 1. The molecule has 5 nitrogen and oxygen atoms in total. The standard InChI is InChI=1S/C12H19N3O2/c1-9(12(16)14-13)15(2)8-10-6-4-5-7-11(10)17-3/h4-7,9H,8,13H2,1-3H3,(H,14,16). The van der Waals surface area contributed by atoms with Crippen LogP contribution in [0, 0.1) is 0 Å². The van der Waals surface area contributed by atoms with E-state index in [4.69, 9.17) is 10.6 Å². The first-order valence-corrected chi connectivity index (χ1v) is 5.42. The Kier molecular flexibility index (Phi) is 4.93. The zero-order valence-corrected chi connectivity index (χ0v) is 10.4. The van der Waals surface area contributed by atoms with Crippen LogP contribution in [0.2, 0.25) is 0 Å². The molecular weight excluding hydrogens is 218 g/mol. The Labute approximate surface area is 102 Å². The quantitative estimate of drug-likeness (QED) is 0.445. The second-order valence-corrected chi connectivity index (χ2v) is 3.91. The molecule has 0 heterocycles. The smallest absolute Gasteiger partial charge is 0.250 e. The fraction of sp³-hybridized carbons (Fsp3) is 0.417. The van der Waals surface area contributed by atoms with E-state index in [1.165, 1.54) is 0 Å². The highest BCUT2D eigenvalue weighted by Gasteiger charge is 2.17. The van der Waals surface area contributed by atoms with Crippen LogP contribution in [0.15, 0.2) is 24.3 Å². The molecule has 0 saturated heterocycles. The van der Waals surface area contributed by atoms with Gasteiger partial charge in [-0.3, -0.25) is 15.1 Å². The number of rotatable bonds is 5. The maximum absolute atomic E-state index is 11.4.